The number of amides is 1. The number of benzene rings is 1. The van der Waals surface area contributed by atoms with Crippen LogP contribution in [0, 0.1) is 0 Å². The van der Waals surface area contributed by atoms with E-state index < -0.39 is 0 Å². The standard InChI is InChI=1S/C13H17NO3/c1-3-12(15)17-10(2)9-14-13(16)11-7-5-4-6-8-11/h4-8,10H,3,9H2,1-2H3,(H,14,16). The molecule has 4 nitrogen and oxygen atoms in total. The van der Waals surface area contributed by atoms with Crippen molar-refractivity contribution in [3.63, 3.8) is 0 Å². The number of ether oxygens (including phenoxy) is 1. The van der Waals surface area contributed by atoms with Crippen LogP contribution in [0.5, 0.6) is 0 Å². The largest absolute Gasteiger partial charge is 0.461 e. The molecule has 1 unspecified atom stereocenters. The van der Waals surface area contributed by atoms with Gasteiger partial charge in [-0.25, -0.2) is 0 Å². The highest BCUT2D eigenvalue weighted by Gasteiger charge is 2.10. The Morgan fingerprint density at radius 2 is 1.94 bits per heavy atom. The Labute approximate surface area is 101 Å². The van der Waals surface area contributed by atoms with E-state index in [-0.39, 0.29) is 18.0 Å². The van der Waals surface area contributed by atoms with Gasteiger partial charge < -0.3 is 10.1 Å². The summed E-state index contributed by atoms with van der Waals surface area (Å²) < 4.78 is 5.03. The van der Waals surface area contributed by atoms with Gasteiger partial charge in [0, 0.05) is 12.0 Å². The second kappa shape index (κ2) is 6.68. The molecular weight excluding hydrogens is 218 g/mol. The first-order valence-corrected chi connectivity index (χ1v) is 5.66. The zero-order valence-corrected chi connectivity index (χ0v) is 10.1. The molecular formula is C13H17NO3. The van der Waals surface area contributed by atoms with Crippen LogP contribution >= 0.6 is 0 Å². The van der Waals surface area contributed by atoms with Crippen LogP contribution in [0.3, 0.4) is 0 Å². The number of rotatable bonds is 5. The van der Waals surface area contributed by atoms with Gasteiger partial charge >= 0.3 is 5.97 Å². The first-order valence-electron chi connectivity index (χ1n) is 5.66. The van der Waals surface area contributed by atoms with Gasteiger partial charge in [0.15, 0.2) is 0 Å². The fourth-order valence-corrected chi connectivity index (χ4v) is 1.28. The third-order valence-electron chi connectivity index (χ3n) is 2.21. The first-order chi connectivity index (χ1) is 8.13. The monoisotopic (exact) mass is 235 g/mol. The number of carbonyl (C=O) groups excluding carboxylic acids is 2. The van der Waals surface area contributed by atoms with Gasteiger partial charge in [0.25, 0.3) is 5.91 Å². The van der Waals surface area contributed by atoms with Crippen LogP contribution in [0.2, 0.25) is 0 Å². The maximum absolute atomic E-state index is 11.7. The molecule has 0 aromatic heterocycles. The van der Waals surface area contributed by atoms with E-state index in [0.717, 1.165) is 0 Å². The maximum Gasteiger partial charge on any atom is 0.305 e. The molecule has 1 aromatic carbocycles. The minimum absolute atomic E-state index is 0.162. The Hall–Kier alpha value is -1.84. The van der Waals surface area contributed by atoms with E-state index in [0.29, 0.717) is 18.5 Å². The molecule has 1 amide bonds. The van der Waals surface area contributed by atoms with Crippen molar-refractivity contribution in [3.8, 4) is 0 Å². The Kier molecular flexibility index (Phi) is 5.20. The molecule has 0 aliphatic heterocycles. The van der Waals surface area contributed by atoms with Gasteiger partial charge in [0.1, 0.15) is 6.10 Å². The zero-order chi connectivity index (χ0) is 12.7. The van der Waals surface area contributed by atoms with Crippen molar-refractivity contribution in [3.05, 3.63) is 35.9 Å². The first kappa shape index (κ1) is 13.2. The van der Waals surface area contributed by atoms with E-state index in [4.69, 9.17) is 4.74 Å². The van der Waals surface area contributed by atoms with Gasteiger partial charge in [-0.2, -0.15) is 0 Å². The predicted octanol–water partition coefficient (Wildman–Crippen LogP) is 1.76. The van der Waals surface area contributed by atoms with Gasteiger partial charge in [0.2, 0.25) is 0 Å². The molecule has 1 atom stereocenters. The fourth-order valence-electron chi connectivity index (χ4n) is 1.28. The lowest BCUT2D eigenvalue weighted by Crippen LogP contribution is -2.33. The number of esters is 1. The van der Waals surface area contributed by atoms with Gasteiger partial charge in [-0.05, 0) is 19.1 Å². The lowest BCUT2D eigenvalue weighted by molar-refractivity contribution is -0.147. The lowest BCUT2D eigenvalue weighted by atomic mass is 10.2. The average Bonchev–Trinajstić information content (AvgIpc) is 2.36. The molecule has 0 spiro atoms. The minimum Gasteiger partial charge on any atom is -0.461 e. The molecule has 0 bridgehead atoms. The summed E-state index contributed by atoms with van der Waals surface area (Å²) in [5.41, 5.74) is 0.599. The smallest absolute Gasteiger partial charge is 0.305 e. The third kappa shape index (κ3) is 4.68. The molecule has 92 valence electrons. The van der Waals surface area contributed by atoms with Crippen LogP contribution in [0.4, 0.5) is 0 Å². The van der Waals surface area contributed by atoms with Gasteiger partial charge in [-0.15, -0.1) is 0 Å². The lowest BCUT2D eigenvalue weighted by Gasteiger charge is -2.13. The van der Waals surface area contributed by atoms with Crippen LogP contribution in [-0.4, -0.2) is 24.5 Å². The highest BCUT2D eigenvalue weighted by molar-refractivity contribution is 5.94. The normalized spacial score (nSPS) is 11.6. The number of nitrogens with one attached hydrogen (secondary N) is 1. The van der Waals surface area contributed by atoms with Crippen LogP contribution in [0.15, 0.2) is 30.3 Å². The van der Waals surface area contributed by atoms with E-state index in [1.165, 1.54) is 0 Å². The molecule has 1 N–H and O–H groups in total. The zero-order valence-electron chi connectivity index (χ0n) is 10.1. The molecule has 0 fully saturated rings. The van der Waals surface area contributed by atoms with Crippen molar-refractivity contribution in [2.24, 2.45) is 0 Å². The van der Waals surface area contributed by atoms with E-state index in [1.807, 2.05) is 6.07 Å². The van der Waals surface area contributed by atoms with E-state index in [1.54, 1.807) is 38.1 Å². The third-order valence-corrected chi connectivity index (χ3v) is 2.21. The average molecular weight is 235 g/mol. The Morgan fingerprint density at radius 3 is 2.53 bits per heavy atom. The molecule has 0 aliphatic carbocycles. The summed E-state index contributed by atoms with van der Waals surface area (Å²) in [6.07, 6.45) is 0.0341. The van der Waals surface area contributed by atoms with Gasteiger partial charge in [0.05, 0.1) is 6.54 Å². The van der Waals surface area contributed by atoms with Gasteiger partial charge in [-0.1, -0.05) is 25.1 Å². The highest BCUT2D eigenvalue weighted by atomic mass is 16.5. The predicted molar refractivity (Wildman–Crippen MR) is 64.6 cm³/mol. The van der Waals surface area contributed by atoms with Gasteiger partial charge in [-0.3, -0.25) is 9.59 Å². The Balaban J connectivity index is 2.36. The van der Waals surface area contributed by atoms with Crippen molar-refractivity contribution in [2.75, 3.05) is 6.54 Å². The summed E-state index contributed by atoms with van der Waals surface area (Å²) in [5, 5.41) is 2.71. The molecule has 1 aromatic rings. The summed E-state index contributed by atoms with van der Waals surface area (Å²) in [6.45, 7) is 3.80. The van der Waals surface area contributed by atoms with Crippen LogP contribution in [-0.2, 0) is 9.53 Å². The summed E-state index contributed by atoms with van der Waals surface area (Å²) in [5.74, 6) is -0.420. The second-order valence-electron chi connectivity index (χ2n) is 3.73. The summed E-state index contributed by atoms with van der Waals surface area (Å²) >= 11 is 0. The SMILES string of the molecule is CCC(=O)OC(C)CNC(=O)c1ccccc1. The molecule has 0 saturated heterocycles. The van der Waals surface area contributed by atoms with Crippen molar-refractivity contribution in [1.82, 2.24) is 5.32 Å². The summed E-state index contributed by atoms with van der Waals surface area (Å²) in [7, 11) is 0. The number of hydrogen-bond acceptors (Lipinski definition) is 3. The molecule has 17 heavy (non-hydrogen) atoms. The minimum atomic E-state index is -0.310. The summed E-state index contributed by atoms with van der Waals surface area (Å²) in [6, 6.07) is 8.92. The maximum atomic E-state index is 11.7. The van der Waals surface area contributed by atoms with Crippen LogP contribution < -0.4 is 5.32 Å². The summed E-state index contributed by atoms with van der Waals surface area (Å²) in [4.78, 5) is 22.7. The fraction of sp³-hybridized carbons (Fsp3) is 0.385. The Bertz CT molecular complexity index is 376. The highest BCUT2D eigenvalue weighted by Crippen LogP contribution is 1.99. The van der Waals surface area contributed by atoms with Crippen molar-refractivity contribution in [2.45, 2.75) is 26.4 Å². The quantitative estimate of drug-likeness (QED) is 0.791. The van der Waals surface area contributed by atoms with Crippen LogP contribution in [0.25, 0.3) is 0 Å². The Morgan fingerprint density at radius 1 is 1.29 bits per heavy atom. The van der Waals surface area contributed by atoms with E-state index >= 15 is 0 Å². The van der Waals surface area contributed by atoms with Crippen LogP contribution in [0.1, 0.15) is 30.6 Å². The van der Waals surface area contributed by atoms with E-state index in [9.17, 15) is 9.59 Å². The van der Waals surface area contributed by atoms with Crippen molar-refractivity contribution in [1.29, 1.82) is 0 Å². The molecule has 0 aliphatic rings. The molecule has 0 radical (unpaired) electrons. The second-order valence-corrected chi connectivity index (χ2v) is 3.73. The molecule has 0 saturated carbocycles. The molecule has 4 heteroatoms. The molecule has 0 heterocycles. The molecule has 1 rings (SSSR count). The van der Waals surface area contributed by atoms with E-state index in [2.05, 4.69) is 5.32 Å². The number of hydrogen-bond donors (Lipinski definition) is 1. The number of carbonyl (C=O) groups is 2. The van der Waals surface area contributed by atoms with Crippen molar-refractivity contribution < 1.29 is 14.3 Å². The topological polar surface area (TPSA) is 55.4 Å². The van der Waals surface area contributed by atoms with Crippen molar-refractivity contribution >= 4 is 11.9 Å².